The Morgan fingerprint density at radius 1 is 1.39 bits per heavy atom. The molecule has 2 rings (SSSR count). The zero-order valence-electron chi connectivity index (χ0n) is 10.2. The van der Waals surface area contributed by atoms with Gasteiger partial charge in [-0.3, -0.25) is 9.69 Å². The molecule has 0 spiro atoms. The van der Waals surface area contributed by atoms with Crippen molar-refractivity contribution in [3.05, 3.63) is 24.2 Å². The maximum absolute atomic E-state index is 12.0. The molecule has 0 aromatic carbocycles. The summed E-state index contributed by atoms with van der Waals surface area (Å²) in [5.74, 6) is 0.265. The Balaban J connectivity index is 1.81. The summed E-state index contributed by atoms with van der Waals surface area (Å²) < 4.78 is 5.08. The van der Waals surface area contributed by atoms with Gasteiger partial charge in [-0.1, -0.05) is 0 Å². The molecule has 1 aromatic heterocycles. The number of aliphatic hydroxyl groups excluding tert-OH is 2. The number of nitrogens with zero attached hydrogens (tertiary/aromatic N) is 2. The van der Waals surface area contributed by atoms with Crippen molar-refractivity contribution in [2.75, 3.05) is 39.3 Å². The number of piperazine rings is 1. The second-order valence-electron chi connectivity index (χ2n) is 4.41. The van der Waals surface area contributed by atoms with Gasteiger partial charge in [0.05, 0.1) is 19.0 Å². The summed E-state index contributed by atoms with van der Waals surface area (Å²) in [5.41, 5.74) is 0. The van der Waals surface area contributed by atoms with Gasteiger partial charge in [0, 0.05) is 32.7 Å². The van der Waals surface area contributed by atoms with Gasteiger partial charge in [0.1, 0.15) is 0 Å². The van der Waals surface area contributed by atoms with Crippen LogP contribution in [0.5, 0.6) is 0 Å². The van der Waals surface area contributed by atoms with Crippen LogP contribution in [0.3, 0.4) is 0 Å². The third kappa shape index (κ3) is 3.10. The van der Waals surface area contributed by atoms with Crippen molar-refractivity contribution in [1.82, 2.24) is 9.80 Å². The lowest BCUT2D eigenvalue weighted by Gasteiger charge is -2.35. The van der Waals surface area contributed by atoms with E-state index < -0.39 is 6.10 Å². The molecule has 1 atom stereocenters. The van der Waals surface area contributed by atoms with Gasteiger partial charge in [0.15, 0.2) is 5.76 Å². The molecule has 0 bridgehead atoms. The predicted octanol–water partition coefficient (Wildman–Crippen LogP) is -0.609. The Morgan fingerprint density at radius 3 is 2.67 bits per heavy atom. The molecule has 0 radical (unpaired) electrons. The highest BCUT2D eigenvalue weighted by Gasteiger charge is 2.24. The molecule has 18 heavy (non-hydrogen) atoms. The number of carbonyl (C=O) groups excluding carboxylic acids is 1. The number of carbonyl (C=O) groups is 1. The van der Waals surface area contributed by atoms with Crippen molar-refractivity contribution < 1.29 is 19.4 Å². The molecule has 6 nitrogen and oxygen atoms in total. The molecule has 2 heterocycles. The minimum absolute atomic E-state index is 0.0950. The Hall–Kier alpha value is -1.37. The topological polar surface area (TPSA) is 77.2 Å². The van der Waals surface area contributed by atoms with Crippen LogP contribution in [0, 0.1) is 0 Å². The number of furan rings is 1. The zero-order chi connectivity index (χ0) is 13.0. The van der Waals surface area contributed by atoms with Gasteiger partial charge in [-0.05, 0) is 12.1 Å². The number of hydrogen-bond acceptors (Lipinski definition) is 5. The summed E-state index contributed by atoms with van der Waals surface area (Å²) in [6.45, 7) is 2.83. The van der Waals surface area contributed by atoms with Crippen LogP contribution in [0.25, 0.3) is 0 Å². The number of β-amino-alcohol motifs (C(OH)–C–C–N with tert-alkyl or cyclic N) is 1. The Bertz CT molecular complexity index is 371. The van der Waals surface area contributed by atoms with Crippen molar-refractivity contribution in [2.45, 2.75) is 6.10 Å². The predicted molar refractivity (Wildman–Crippen MR) is 64.1 cm³/mol. The van der Waals surface area contributed by atoms with Gasteiger partial charge >= 0.3 is 0 Å². The normalized spacial score (nSPS) is 18.9. The molecule has 1 fully saturated rings. The van der Waals surface area contributed by atoms with E-state index in [-0.39, 0.29) is 12.5 Å². The van der Waals surface area contributed by atoms with Gasteiger partial charge in [0.25, 0.3) is 5.91 Å². The van der Waals surface area contributed by atoms with E-state index >= 15 is 0 Å². The first-order valence-electron chi connectivity index (χ1n) is 6.04. The Kier molecular flexibility index (Phi) is 4.35. The van der Waals surface area contributed by atoms with E-state index in [0.717, 1.165) is 0 Å². The van der Waals surface area contributed by atoms with Crippen molar-refractivity contribution in [3.63, 3.8) is 0 Å². The molecule has 0 aliphatic carbocycles. The summed E-state index contributed by atoms with van der Waals surface area (Å²) in [7, 11) is 0. The molecule has 1 unspecified atom stereocenters. The molecule has 1 aliphatic heterocycles. The molecule has 0 saturated carbocycles. The average molecular weight is 254 g/mol. The number of amides is 1. The van der Waals surface area contributed by atoms with Gasteiger partial charge in [0.2, 0.25) is 0 Å². The third-order valence-corrected chi connectivity index (χ3v) is 3.07. The van der Waals surface area contributed by atoms with Crippen LogP contribution < -0.4 is 0 Å². The van der Waals surface area contributed by atoms with E-state index in [1.165, 1.54) is 6.26 Å². The third-order valence-electron chi connectivity index (χ3n) is 3.07. The highest BCUT2D eigenvalue weighted by Crippen LogP contribution is 2.09. The summed E-state index contributed by atoms with van der Waals surface area (Å²) in [6.07, 6.45) is 0.776. The molecule has 1 saturated heterocycles. The molecule has 1 aromatic rings. The zero-order valence-corrected chi connectivity index (χ0v) is 10.2. The van der Waals surface area contributed by atoms with Crippen molar-refractivity contribution in [3.8, 4) is 0 Å². The Labute approximate surface area is 105 Å². The fourth-order valence-electron chi connectivity index (χ4n) is 2.05. The smallest absolute Gasteiger partial charge is 0.289 e. The molecule has 100 valence electrons. The maximum Gasteiger partial charge on any atom is 0.289 e. The molecular formula is C12H18N2O4. The number of rotatable bonds is 4. The van der Waals surface area contributed by atoms with E-state index in [1.54, 1.807) is 17.0 Å². The van der Waals surface area contributed by atoms with E-state index in [9.17, 15) is 9.90 Å². The van der Waals surface area contributed by atoms with Crippen LogP contribution in [-0.2, 0) is 0 Å². The average Bonchev–Trinajstić information content (AvgIpc) is 2.92. The highest BCUT2D eigenvalue weighted by molar-refractivity contribution is 5.91. The maximum atomic E-state index is 12.0. The second kappa shape index (κ2) is 5.99. The fourth-order valence-corrected chi connectivity index (χ4v) is 2.05. The van der Waals surface area contributed by atoms with E-state index in [4.69, 9.17) is 9.52 Å². The van der Waals surface area contributed by atoms with Gasteiger partial charge in [-0.15, -0.1) is 0 Å². The van der Waals surface area contributed by atoms with E-state index in [1.807, 2.05) is 4.90 Å². The number of hydrogen-bond donors (Lipinski definition) is 2. The van der Waals surface area contributed by atoms with Gasteiger partial charge in [-0.25, -0.2) is 0 Å². The minimum atomic E-state index is -0.711. The van der Waals surface area contributed by atoms with E-state index in [0.29, 0.717) is 38.5 Å². The SMILES string of the molecule is O=C(c1ccco1)N1CCN(CC(O)CO)CC1. The summed E-state index contributed by atoms with van der Waals surface area (Å²) in [6, 6.07) is 3.35. The first kappa shape index (κ1) is 13.1. The molecule has 1 amide bonds. The van der Waals surface area contributed by atoms with Gasteiger partial charge in [-0.2, -0.15) is 0 Å². The Morgan fingerprint density at radius 2 is 2.11 bits per heavy atom. The van der Waals surface area contributed by atoms with Crippen LogP contribution in [0.1, 0.15) is 10.6 Å². The molecule has 1 aliphatic rings. The van der Waals surface area contributed by atoms with Crippen molar-refractivity contribution in [2.24, 2.45) is 0 Å². The minimum Gasteiger partial charge on any atom is -0.459 e. The fraction of sp³-hybridized carbons (Fsp3) is 0.583. The van der Waals surface area contributed by atoms with Crippen LogP contribution in [-0.4, -0.2) is 71.4 Å². The molecule has 2 N–H and O–H groups in total. The van der Waals surface area contributed by atoms with Crippen molar-refractivity contribution in [1.29, 1.82) is 0 Å². The van der Waals surface area contributed by atoms with Crippen LogP contribution >= 0.6 is 0 Å². The standard InChI is InChI=1S/C12H18N2O4/c15-9-10(16)8-13-3-5-14(6-4-13)12(17)11-2-1-7-18-11/h1-2,7,10,15-16H,3-6,8-9H2. The molecular weight excluding hydrogens is 236 g/mol. The first-order valence-corrected chi connectivity index (χ1v) is 6.04. The lowest BCUT2D eigenvalue weighted by atomic mass is 10.2. The van der Waals surface area contributed by atoms with E-state index in [2.05, 4.69) is 0 Å². The first-order chi connectivity index (χ1) is 8.70. The summed E-state index contributed by atoms with van der Waals surface area (Å²) in [4.78, 5) is 15.7. The van der Waals surface area contributed by atoms with Crippen LogP contribution in [0.2, 0.25) is 0 Å². The second-order valence-corrected chi connectivity index (χ2v) is 4.41. The monoisotopic (exact) mass is 254 g/mol. The summed E-state index contributed by atoms with van der Waals surface area (Å²) >= 11 is 0. The molecule has 6 heteroatoms. The number of aliphatic hydroxyl groups is 2. The quantitative estimate of drug-likeness (QED) is 0.749. The largest absolute Gasteiger partial charge is 0.459 e. The highest BCUT2D eigenvalue weighted by atomic mass is 16.3. The summed E-state index contributed by atoms with van der Waals surface area (Å²) in [5, 5.41) is 18.1. The van der Waals surface area contributed by atoms with Gasteiger partial charge < -0.3 is 19.5 Å². The van der Waals surface area contributed by atoms with Crippen molar-refractivity contribution >= 4 is 5.91 Å². The van der Waals surface area contributed by atoms with Crippen LogP contribution in [0.4, 0.5) is 0 Å². The van der Waals surface area contributed by atoms with Crippen LogP contribution in [0.15, 0.2) is 22.8 Å². The lowest BCUT2D eigenvalue weighted by Crippen LogP contribution is -2.50. The lowest BCUT2D eigenvalue weighted by molar-refractivity contribution is 0.0346.